The van der Waals surface area contributed by atoms with Crippen LogP contribution in [0.4, 0.5) is 0 Å². The van der Waals surface area contributed by atoms with E-state index in [-0.39, 0.29) is 11.9 Å². The molecule has 0 fully saturated rings. The fourth-order valence-corrected chi connectivity index (χ4v) is 2.96. The van der Waals surface area contributed by atoms with Crippen LogP contribution in [0, 0.1) is 6.92 Å². The molecule has 2 nitrogen and oxygen atoms in total. The van der Waals surface area contributed by atoms with Crippen LogP contribution in [0.5, 0.6) is 0 Å². The molecule has 0 N–H and O–H groups in total. The molecular formula is C16H19NOS2. The minimum absolute atomic E-state index is 0.0711. The largest absolute Gasteiger partial charge is 0.331 e. The SMILES string of the molecule is Cc1ccc(S)cc1C(=O)N(Cc1cccs1)C(C)C. The first-order valence-corrected chi connectivity index (χ1v) is 7.94. The predicted octanol–water partition coefficient (Wildman–Crippen LogP) is 4.40. The minimum Gasteiger partial charge on any atom is -0.331 e. The van der Waals surface area contributed by atoms with Crippen molar-refractivity contribution < 1.29 is 4.79 Å². The number of carbonyl (C=O) groups excluding carboxylic acids is 1. The summed E-state index contributed by atoms with van der Waals surface area (Å²) in [6, 6.07) is 9.95. The normalized spacial score (nSPS) is 10.8. The quantitative estimate of drug-likeness (QED) is 0.830. The molecule has 4 heteroatoms. The van der Waals surface area contributed by atoms with Crippen LogP contribution in [0.1, 0.15) is 34.6 Å². The Morgan fingerprint density at radius 1 is 1.35 bits per heavy atom. The van der Waals surface area contributed by atoms with E-state index in [1.165, 1.54) is 4.88 Å². The van der Waals surface area contributed by atoms with Crippen molar-refractivity contribution in [2.45, 2.75) is 38.3 Å². The fraction of sp³-hybridized carbons (Fsp3) is 0.312. The molecule has 0 aliphatic heterocycles. The molecule has 0 atom stereocenters. The van der Waals surface area contributed by atoms with Gasteiger partial charge in [0.2, 0.25) is 0 Å². The summed E-state index contributed by atoms with van der Waals surface area (Å²) in [4.78, 5) is 16.7. The first kappa shape index (κ1) is 15.1. The van der Waals surface area contributed by atoms with Crippen LogP contribution in [-0.2, 0) is 6.54 Å². The van der Waals surface area contributed by atoms with E-state index in [9.17, 15) is 4.79 Å². The standard InChI is InChI=1S/C16H19NOS2/c1-11(2)17(10-14-5-4-8-20-14)16(18)15-9-13(19)7-6-12(15)3/h4-9,11,19H,10H2,1-3H3. The van der Waals surface area contributed by atoms with Crippen LogP contribution in [0.2, 0.25) is 0 Å². The Morgan fingerprint density at radius 3 is 2.70 bits per heavy atom. The van der Waals surface area contributed by atoms with Crippen LogP contribution in [0.15, 0.2) is 40.6 Å². The van der Waals surface area contributed by atoms with Crippen LogP contribution in [0.3, 0.4) is 0 Å². The van der Waals surface area contributed by atoms with Crippen molar-refractivity contribution >= 4 is 29.9 Å². The Hall–Kier alpha value is -1.26. The third-order valence-electron chi connectivity index (χ3n) is 3.24. The fourth-order valence-electron chi connectivity index (χ4n) is 2.05. The highest BCUT2D eigenvalue weighted by molar-refractivity contribution is 7.80. The molecule has 0 saturated heterocycles. The molecule has 2 aromatic rings. The van der Waals surface area contributed by atoms with Crippen LogP contribution in [-0.4, -0.2) is 16.8 Å². The number of carbonyl (C=O) groups is 1. The number of amides is 1. The second kappa shape index (κ2) is 6.46. The first-order chi connectivity index (χ1) is 9.49. The first-order valence-electron chi connectivity index (χ1n) is 6.62. The number of aryl methyl sites for hydroxylation is 1. The number of benzene rings is 1. The molecular weight excluding hydrogens is 286 g/mol. The van der Waals surface area contributed by atoms with E-state index < -0.39 is 0 Å². The lowest BCUT2D eigenvalue weighted by Crippen LogP contribution is -2.36. The molecule has 2 rings (SSSR count). The number of thiol groups is 1. The van der Waals surface area contributed by atoms with E-state index in [0.29, 0.717) is 6.54 Å². The lowest BCUT2D eigenvalue weighted by atomic mass is 10.1. The van der Waals surface area contributed by atoms with E-state index in [1.54, 1.807) is 11.3 Å². The Morgan fingerprint density at radius 2 is 2.10 bits per heavy atom. The van der Waals surface area contributed by atoms with Gasteiger partial charge in [-0.05, 0) is 49.9 Å². The molecule has 0 aliphatic carbocycles. The van der Waals surface area contributed by atoms with E-state index in [1.807, 2.05) is 55.3 Å². The van der Waals surface area contributed by atoms with E-state index in [2.05, 4.69) is 18.7 Å². The van der Waals surface area contributed by atoms with Gasteiger partial charge >= 0.3 is 0 Å². The molecule has 1 aromatic heterocycles. The number of hydrogen-bond donors (Lipinski definition) is 1. The van der Waals surface area contributed by atoms with E-state index in [4.69, 9.17) is 0 Å². The maximum absolute atomic E-state index is 12.8. The third-order valence-corrected chi connectivity index (χ3v) is 4.38. The molecule has 0 saturated carbocycles. The molecule has 0 radical (unpaired) electrons. The molecule has 1 aromatic carbocycles. The lowest BCUT2D eigenvalue weighted by Gasteiger charge is -2.27. The molecule has 0 spiro atoms. The maximum Gasteiger partial charge on any atom is 0.254 e. The zero-order chi connectivity index (χ0) is 14.7. The van der Waals surface area contributed by atoms with Gasteiger partial charge in [0.1, 0.15) is 0 Å². The lowest BCUT2D eigenvalue weighted by molar-refractivity contribution is 0.0691. The van der Waals surface area contributed by atoms with Gasteiger partial charge < -0.3 is 4.90 Å². The van der Waals surface area contributed by atoms with Crippen molar-refractivity contribution in [1.29, 1.82) is 0 Å². The maximum atomic E-state index is 12.8. The minimum atomic E-state index is 0.0711. The summed E-state index contributed by atoms with van der Waals surface area (Å²) in [7, 11) is 0. The summed E-state index contributed by atoms with van der Waals surface area (Å²) in [5, 5.41) is 2.04. The zero-order valence-electron chi connectivity index (χ0n) is 12.0. The summed E-state index contributed by atoms with van der Waals surface area (Å²) >= 11 is 6.02. The highest BCUT2D eigenvalue weighted by atomic mass is 32.1. The van der Waals surface area contributed by atoms with Crippen LogP contribution >= 0.6 is 24.0 Å². The predicted molar refractivity (Wildman–Crippen MR) is 87.8 cm³/mol. The van der Waals surface area contributed by atoms with Crippen molar-refractivity contribution in [3.63, 3.8) is 0 Å². The topological polar surface area (TPSA) is 20.3 Å². The Labute approximate surface area is 129 Å². The second-order valence-corrected chi connectivity index (χ2v) is 6.65. The summed E-state index contributed by atoms with van der Waals surface area (Å²) in [6.07, 6.45) is 0. The van der Waals surface area contributed by atoms with E-state index in [0.717, 1.165) is 16.0 Å². The van der Waals surface area contributed by atoms with E-state index >= 15 is 0 Å². The molecule has 0 bridgehead atoms. The molecule has 20 heavy (non-hydrogen) atoms. The number of hydrogen-bond acceptors (Lipinski definition) is 3. The van der Waals surface area contributed by atoms with Gasteiger partial charge in [0, 0.05) is 21.4 Å². The summed E-state index contributed by atoms with van der Waals surface area (Å²) in [5.41, 5.74) is 1.73. The van der Waals surface area contributed by atoms with Gasteiger partial charge in [-0.15, -0.1) is 24.0 Å². The zero-order valence-corrected chi connectivity index (χ0v) is 13.7. The highest BCUT2D eigenvalue weighted by Gasteiger charge is 2.21. The molecule has 0 unspecified atom stereocenters. The van der Waals surface area contributed by atoms with Gasteiger partial charge in [0.25, 0.3) is 5.91 Å². The van der Waals surface area contributed by atoms with Crippen LogP contribution < -0.4 is 0 Å². The van der Waals surface area contributed by atoms with Crippen molar-refractivity contribution in [3.8, 4) is 0 Å². The van der Waals surface area contributed by atoms with Gasteiger partial charge in [0.15, 0.2) is 0 Å². The Balaban J connectivity index is 2.29. The van der Waals surface area contributed by atoms with Gasteiger partial charge in [0.05, 0.1) is 6.54 Å². The smallest absolute Gasteiger partial charge is 0.254 e. The monoisotopic (exact) mass is 305 g/mol. The van der Waals surface area contributed by atoms with Crippen molar-refractivity contribution in [1.82, 2.24) is 4.90 Å². The van der Waals surface area contributed by atoms with Crippen molar-refractivity contribution in [2.75, 3.05) is 0 Å². The van der Waals surface area contributed by atoms with Crippen molar-refractivity contribution in [2.24, 2.45) is 0 Å². The third kappa shape index (κ3) is 3.44. The average molecular weight is 305 g/mol. The number of nitrogens with zero attached hydrogens (tertiary/aromatic N) is 1. The van der Waals surface area contributed by atoms with Gasteiger partial charge in [-0.3, -0.25) is 4.79 Å². The van der Waals surface area contributed by atoms with Gasteiger partial charge in [-0.25, -0.2) is 0 Å². The van der Waals surface area contributed by atoms with Gasteiger partial charge in [-0.1, -0.05) is 12.1 Å². The molecule has 106 valence electrons. The second-order valence-electron chi connectivity index (χ2n) is 5.11. The summed E-state index contributed by atoms with van der Waals surface area (Å²) in [6.45, 7) is 6.71. The average Bonchev–Trinajstić information content (AvgIpc) is 2.90. The van der Waals surface area contributed by atoms with Crippen molar-refractivity contribution in [3.05, 3.63) is 51.7 Å². The Kier molecular flexibility index (Phi) is 4.89. The van der Waals surface area contributed by atoms with Crippen LogP contribution in [0.25, 0.3) is 0 Å². The highest BCUT2D eigenvalue weighted by Crippen LogP contribution is 2.20. The summed E-state index contributed by atoms with van der Waals surface area (Å²) < 4.78 is 0. The number of rotatable bonds is 4. The van der Waals surface area contributed by atoms with Gasteiger partial charge in [-0.2, -0.15) is 0 Å². The molecule has 1 heterocycles. The summed E-state index contributed by atoms with van der Waals surface area (Å²) in [5.74, 6) is 0.0711. The number of thiophene rings is 1. The molecule has 1 amide bonds. The Bertz CT molecular complexity index is 591. The molecule has 0 aliphatic rings.